The summed E-state index contributed by atoms with van der Waals surface area (Å²) in [6.45, 7) is 3.62. The first-order valence-corrected chi connectivity index (χ1v) is 8.32. The number of benzene rings is 2. The van der Waals surface area contributed by atoms with Crippen molar-refractivity contribution in [1.29, 1.82) is 5.26 Å². The van der Waals surface area contributed by atoms with Gasteiger partial charge in [-0.05, 0) is 49.8 Å². The molecule has 2 rings (SSSR count). The molecule has 0 bridgehead atoms. The fourth-order valence-electron chi connectivity index (χ4n) is 2.25. The smallest absolute Gasteiger partial charge is 0.343 e. The van der Waals surface area contributed by atoms with Crippen LogP contribution in [0.4, 0.5) is 0 Å². The topological polar surface area (TPSA) is 88.4 Å². The third-order valence-electron chi connectivity index (χ3n) is 3.50. The number of carbonyl (C=O) groups is 2. The minimum atomic E-state index is -0.508. The fraction of sp³-hybridized carbons (Fsp3) is 0.190. The summed E-state index contributed by atoms with van der Waals surface area (Å²) in [4.78, 5) is 24.2. The molecule has 0 unspecified atom stereocenters. The van der Waals surface area contributed by atoms with Crippen molar-refractivity contribution in [2.75, 3.05) is 7.11 Å². The molecule has 6 nitrogen and oxygen atoms in total. The van der Waals surface area contributed by atoms with Gasteiger partial charge in [-0.1, -0.05) is 24.3 Å². The number of carbonyl (C=O) groups excluding carboxylic acids is 2. The van der Waals surface area contributed by atoms with Crippen LogP contribution in [0.25, 0.3) is 6.08 Å². The zero-order valence-electron chi connectivity index (χ0n) is 15.4. The van der Waals surface area contributed by atoms with Gasteiger partial charge in [0.15, 0.2) is 11.5 Å². The maximum absolute atomic E-state index is 12.2. The lowest BCUT2D eigenvalue weighted by molar-refractivity contribution is -0.117. The lowest BCUT2D eigenvalue weighted by Gasteiger charge is -2.10. The number of nitriles is 1. The van der Waals surface area contributed by atoms with Gasteiger partial charge in [-0.15, -0.1) is 0 Å². The molecule has 0 fully saturated rings. The van der Waals surface area contributed by atoms with Crippen LogP contribution in [-0.2, 0) is 4.79 Å². The van der Waals surface area contributed by atoms with Crippen molar-refractivity contribution in [1.82, 2.24) is 5.32 Å². The Hall–Kier alpha value is -3.59. The SMILES string of the molecule is COc1cc(/C=C(\C#N)C(=O)NC(C)C)ccc1OC(=O)c1ccccc1. The van der Waals surface area contributed by atoms with Gasteiger partial charge >= 0.3 is 5.97 Å². The van der Waals surface area contributed by atoms with E-state index >= 15 is 0 Å². The molecule has 0 heterocycles. The molecule has 0 aliphatic carbocycles. The molecule has 0 aliphatic heterocycles. The Bertz CT molecular complexity index is 896. The van der Waals surface area contributed by atoms with Crippen LogP contribution in [0.2, 0.25) is 0 Å². The average Bonchev–Trinajstić information content (AvgIpc) is 2.67. The Balaban J connectivity index is 2.25. The minimum absolute atomic E-state index is 0.0280. The normalized spacial score (nSPS) is 10.9. The summed E-state index contributed by atoms with van der Waals surface area (Å²) in [5.74, 6) is -0.402. The van der Waals surface area contributed by atoms with Crippen molar-refractivity contribution < 1.29 is 19.1 Å². The van der Waals surface area contributed by atoms with Crippen LogP contribution >= 0.6 is 0 Å². The van der Waals surface area contributed by atoms with Crippen molar-refractivity contribution in [3.63, 3.8) is 0 Å². The van der Waals surface area contributed by atoms with Gasteiger partial charge in [-0.3, -0.25) is 4.79 Å². The fourth-order valence-corrected chi connectivity index (χ4v) is 2.25. The molecule has 0 saturated carbocycles. The van der Waals surface area contributed by atoms with Crippen LogP contribution in [-0.4, -0.2) is 25.0 Å². The number of ether oxygens (including phenoxy) is 2. The first-order valence-electron chi connectivity index (χ1n) is 8.32. The highest BCUT2D eigenvalue weighted by atomic mass is 16.6. The van der Waals surface area contributed by atoms with Crippen LogP contribution in [0.5, 0.6) is 11.5 Å². The summed E-state index contributed by atoms with van der Waals surface area (Å²) in [6, 6.07) is 15.2. The molecule has 0 aromatic heterocycles. The van der Waals surface area contributed by atoms with Crippen LogP contribution < -0.4 is 14.8 Å². The van der Waals surface area contributed by atoms with E-state index < -0.39 is 11.9 Å². The van der Waals surface area contributed by atoms with Crippen LogP contribution in [0.3, 0.4) is 0 Å². The maximum Gasteiger partial charge on any atom is 0.343 e. The van der Waals surface area contributed by atoms with Crippen LogP contribution in [0.15, 0.2) is 54.1 Å². The molecule has 0 atom stereocenters. The molecule has 6 heteroatoms. The number of methoxy groups -OCH3 is 1. The molecular formula is C21H20N2O4. The van der Waals surface area contributed by atoms with E-state index in [0.29, 0.717) is 16.9 Å². The van der Waals surface area contributed by atoms with Gasteiger partial charge in [0.25, 0.3) is 5.91 Å². The van der Waals surface area contributed by atoms with E-state index in [4.69, 9.17) is 9.47 Å². The predicted molar refractivity (Wildman–Crippen MR) is 101 cm³/mol. The number of nitrogens with zero attached hydrogens (tertiary/aromatic N) is 1. The van der Waals surface area contributed by atoms with Crippen molar-refractivity contribution >= 4 is 18.0 Å². The molecular weight excluding hydrogens is 344 g/mol. The molecule has 1 N–H and O–H groups in total. The molecule has 1 amide bonds. The first kappa shape index (κ1) is 19.7. The van der Waals surface area contributed by atoms with Crippen LogP contribution in [0.1, 0.15) is 29.8 Å². The van der Waals surface area contributed by atoms with E-state index in [1.165, 1.54) is 13.2 Å². The monoisotopic (exact) mass is 364 g/mol. The van der Waals surface area contributed by atoms with E-state index in [-0.39, 0.29) is 17.4 Å². The molecule has 2 aromatic carbocycles. The number of nitrogens with one attached hydrogen (secondary N) is 1. The van der Waals surface area contributed by atoms with Gasteiger partial charge in [0.2, 0.25) is 0 Å². The Morgan fingerprint density at radius 1 is 1.11 bits per heavy atom. The molecule has 2 aromatic rings. The summed E-state index contributed by atoms with van der Waals surface area (Å²) in [5, 5.41) is 11.9. The summed E-state index contributed by atoms with van der Waals surface area (Å²) >= 11 is 0. The van der Waals surface area contributed by atoms with Crippen LogP contribution in [0, 0.1) is 11.3 Å². The van der Waals surface area contributed by atoms with E-state index in [2.05, 4.69) is 5.32 Å². The zero-order valence-corrected chi connectivity index (χ0v) is 15.4. The van der Waals surface area contributed by atoms with Gasteiger partial charge in [-0.25, -0.2) is 4.79 Å². The van der Waals surface area contributed by atoms with Crippen molar-refractivity contribution in [2.24, 2.45) is 0 Å². The third-order valence-corrected chi connectivity index (χ3v) is 3.50. The summed E-state index contributed by atoms with van der Waals surface area (Å²) in [6.07, 6.45) is 1.45. The largest absolute Gasteiger partial charge is 0.493 e. The molecule has 0 saturated heterocycles. The van der Waals surface area contributed by atoms with Gasteiger partial charge in [0.1, 0.15) is 11.6 Å². The minimum Gasteiger partial charge on any atom is -0.493 e. The van der Waals surface area contributed by atoms with Crippen molar-refractivity contribution in [2.45, 2.75) is 19.9 Å². The molecule has 0 aliphatic rings. The van der Waals surface area contributed by atoms with Crippen molar-refractivity contribution in [3.8, 4) is 17.6 Å². The number of amides is 1. The van der Waals surface area contributed by atoms with Gasteiger partial charge < -0.3 is 14.8 Å². The highest BCUT2D eigenvalue weighted by Crippen LogP contribution is 2.29. The molecule has 0 radical (unpaired) electrons. The van der Waals surface area contributed by atoms with E-state index in [0.717, 1.165) is 0 Å². The second-order valence-corrected chi connectivity index (χ2v) is 5.96. The maximum atomic E-state index is 12.2. The first-order chi connectivity index (χ1) is 12.9. The molecule has 27 heavy (non-hydrogen) atoms. The zero-order chi connectivity index (χ0) is 19.8. The summed E-state index contributed by atoms with van der Waals surface area (Å²) in [5.41, 5.74) is 0.960. The standard InChI is InChI=1S/C21H20N2O4/c1-14(2)23-20(24)17(13-22)11-15-9-10-18(19(12-15)26-3)27-21(25)16-7-5-4-6-8-16/h4-12,14H,1-3H3,(H,23,24)/b17-11+. The second-order valence-electron chi connectivity index (χ2n) is 5.96. The van der Waals surface area contributed by atoms with Gasteiger partial charge in [-0.2, -0.15) is 5.26 Å². The number of hydrogen-bond acceptors (Lipinski definition) is 5. The lowest BCUT2D eigenvalue weighted by Crippen LogP contribution is -2.30. The summed E-state index contributed by atoms with van der Waals surface area (Å²) in [7, 11) is 1.44. The highest BCUT2D eigenvalue weighted by molar-refractivity contribution is 6.01. The van der Waals surface area contributed by atoms with Crippen molar-refractivity contribution in [3.05, 3.63) is 65.2 Å². The second kappa shape index (κ2) is 9.20. The number of hydrogen-bond donors (Lipinski definition) is 1. The summed E-state index contributed by atoms with van der Waals surface area (Å²) < 4.78 is 10.7. The molecule has 0 spiro atoms. The highest BCUT2D eigenvalue weighted by Gasteiger charge is 2.14. The van der Waals surface area contributed by atoms with E-state index in [9.17, 15) is 14.9 Å². The quantitative estimate of drug-likeness (QED) is 0.367. The Kier molecular flexibility index (Phi) is 6.73. The van der Waals surface area contributed by atoms with Gasteiger partial charge in [0.05, 0.1) is 12.7 Å². The van der Waals surface area contributed by atoms with Gasteiger partial charge in [0, 0.05) is 6.04 Å². The lowest BCUT2D eigenvalue weighted by atomic mass is 10.1. The van der Waals surface area contributed by atoms with E-state index in [1.54, 1.807) is 48.5 Å². The predicted octanol–water partition coefficient (Wildman–Crippen LogP) is 3.35. The Morgan fingerprint density at radius 3 is 2.41 bits per heavy atom. The van der Waals surface area contributed by atoms with E-state index in [1.807, 2.05) is 19.9 Å². The Labute approximate surface area is 158 Å². The Morgan fingerprint density at radius 2 is 1.81 bits per heavy atom. The third kappa shape index (κ3) is 5.44. The molecule has 138 valence electrons. The number of rotatable bonds is 6. The number of esters is 1. The average molecular weight is 364 g/mol.